The third-order valence-electron chi connectivity index (χ3n) is 4.56. The van der Waals surface area contributed by atoms with Crippen molar-refractivity contribution in [2.75, 3.05) is 5.32 Å². The molecular formula is C22H25N3O2. The lowest BCUT2D eigenvalue weighted by Crippen LogP contribution is -2.13. The van der Waals surface area contributed by atoms with E-state index < -0.39 is 5.91 Å². The summed E-state index contributed by atoms with van der Waals surface area (Å²) in [5.41, 5.74) is 4.20. The van der Waals surface area contributed by atoms with Crippen LogP contribution in [0.25, 0.3) is 6.08 Å². The minimum atomic E-state index is -0.466. The highest BCUT2D eigenvalue weighted by Gasteiger charge is 2.13. The largest absolute Gasteiger partial charge is 0.349 e. The molecule has 5 nitrogen and oxygen atoms in total. The van der Waals surface area contributed by atoms with Gasteiger partial charge in [0.15, 0.2) is 5.78 Å². The molecule has 140 valence electrons. The lowest BCUT2D eigenvalue weighted by atomic mass is 10.1. The van der Waals surface area contributed by atoms with E-state index in [2.05, 4.69) is 16.8 Å². The predicted octanol–water partition coefficient (Wildman–Crippen LogP) is 4.65. The van der Waals surface area contributed by atoms with E-state index in [9.17, 15) is 14.9 Å². The molecule has 0 saturated heterocycles. The van der Waals surface area contributed by atoms with Crippen LogP contribution in [-0.4, -0.2) is 16.3 Å². The number of unbranched alkanes of at least 4 members (excludes halogenated alkanes) is 1. The van der Waals surface area contributed by atoms with E-state index in [1.165, 1.54) is 6.92 Å². The first-order chi connectivity index (χ1) is 12.9. The first-order valence-corrected chi connectivity index (χ1v) is 9.08. The van der Waals surface area contributed by atoms with E-state index in [0.717, 1.165) is 36.3 Å². The second-order valence-corrected chi connectivity index (χ2v) is 6.59. The normalized spacial score (nSPS) is 11.1. The molecule has 0 saturated carbocycles. The standard InChI is InChI=1S/C22H25N3O2/c1-5-6-11-25-15(2)12-19(16(25)3)13-20(14-23)22(27)24-21-9-7-18(8-10-21)17(4)26/h7-10,12-13H,5-6,11H2,1-4H3,(H,24,27)/b20-13+. The third kappa shape index (κ3) is 4.95. The predicted molar refractivity (Wildman–Crippen MR) is 107 cm³/mol. The number of nitrogens with one attached hydrogen (secondary N) is 1. The molecule has 27 heavy (non-hydrogen) atoms. The van der Waals surface area contributed by atoms with Gasteiger partial charge in [0.1, 0.15) is 11.6 Å². The van der Waals surface area contributed by atoms with Crippen LogP contribution in [0.4, 0.5) is 5.69 Å². The van der Waals surface area contributed by atoms with Crippen LogP contribution >= 0.6 is 0 Å². The highest BCUT2D eigenvalue weighted by molar-refractivity contribution is 6.09. The molecule has 0 fully saturated rings. The number of rotatable bonds is 7. The van der Waals surface area contributed by atoms with Gasteiger partial charge in [-0.25, -0.2) is 0 Å². The quantitative estimate of drug-likeness (QED) is 0.442. The number of aryl methyl sites for hydroxylation is 1. The summed E-state index contributed by atoms with van der Waals surface area (Å²) in [5, 5.41) is 12.1. The van der Waals surface area contributed by atoms with Gasteiger partial charge < -0.3 is 9.88 Å². The number of hydrogen-bond donors (Lipinski definition) is 1. The summed E-state index contributed by atoms with van der Waals surface area (Å²) in [5.74, 6) is -0.504. The summed E-state index contributed by atoms with van der Waals surface area (Å²) in [6, 6.07) is 10.6. The number of nitriles is 1. The fourth-order valence-corrected chi connectivity index (χ4v) is 2.92. The Morgan fingerprint density at radius 3 is 2.44 bits per heavy atom. The molecule has 1 heterocycles. The van der Waals surface area contributed by atoms with Gasteiger partial charge in [-0.15, -0.1) is 0 Å². The highest BCUT2D eigenvalue weighted by Crippen LogP contribution is 2.20. The zero-order valence-electron chi connectivity index (χ0n) is 16.3. The molecule has 1 amide bonds. The monoisotopic (exact) mass is 363 g/mol. The van der Waals surface area contributed by atoms with E-state index in [1.807, 2.05) is 26.0 Å². The second-order valence-electron chi connectivity index (χ2n) is 6.59. The molecule has 2 aromatic rings. The Labute approximate surface area is 160 Å². The number of Topliss-reactive ketones (excluding diaryl/α,β-unsaturated/α-hetero) is 1. The number of carbonyl (C=O) groups is 2. The lowest BCUT2D eigenvalue weighted by molar-refractivity contribution is -0.112. The van der Waals surface area contributed by atoms with Crippen LogP contribution in [0.15, 0.2) is 35.9 Å². The van der Waals surface area contributed by atoms with Gasteiger partial charge in [0.05, 0.1) is 0 Å². The number of ketones is 1. The Bertz CT molecular complexity index is 912. The molecule has 1 aromatic heterocycles. The summed E-state index contributed by atoms with van der Waals surface area (Å²) in [7, 11) is 0. The fraction of sp³-hybridized carbons (Fsp3) is 0.318. The minimum absolute atomic E-state index is 0.0380. The fourth-order valence-electron chi connectivity index (χ4n) is 2.92. The Balaban J connectivity index is 2.21. The molecule has 0 radical (unpaired) electrons. The molecule has 5 heteroatoms. The second kappa shape index (κ2) is 9.00. The van der Waals surface area contributed by atoms with Gasteiger partial charge in [-0.1, -0.05) is 13.3 Å². The van der Waals surface area contributed by atoms with Crippen molar-refractivity contribution in [1.82, 2.24) is 4.57 Å². The van der Waals surface area contributed by atoms with Crippen LogP contribution in [0.5, 0.6) is 0 Å². The van der Waals surface area contributed by atoms with Crippen LogP contribution in [0.3, 0.4) is 0 Å². The number of benzene rings is 1. The molecule has 0 aliphatic heterocycles. The number of anilines is 1. The highest BCUT2D eigenvalue weighted by atomic mass is 16.1. The van der Waals surface area contributed by atoms with Crippen molar-refractivity contribution >= 4 is 23.5 Å². The van der Waals surface area contributed by atoms with Crippen LogP contribution in [-0.2, 0) is 11.3 Å². The summed E-state index contributed by atoms with van der Waals surface area (Å²) < 4.78 is 2.21. The van der Waals surface area contributed by atoms with Gasteiger partial charge in [0, 0.05) is 29.2 Å². The number of amides is 1. The van der Waals surface area contributed by atoms with Crippen molar-refractivity contribution in [1.29, 1.82) is 5.26 Å². The van der Waals surface area contributed by atoms with Crippen molar-refractivity contribution in [3.63, 3.8) is 0 Å². The summed E-state index contributed by atoms with van der Waals surface area (Å²) in [6.45, 7) is 8.60. The first kappa shape index (κ1) is 20.2. The maximum absolute atomic E-state index is 12.5. The third-order valence-corrected chi connectivity index (χ3v) is 4.56. The number of carbonyl (C=O) groups excluding carboxylic acids is 2. The lowest BCUT2D eigenvalue weighted by Gasteiger charge is -2.08. The average Bonchev–Trinajstić information content (AvgIpc) is 2.91. The molecule has 0 unspecified atom stereocenters. The van der Waals surface area contributed by atoms with Gasteiger partial charge >= 0.3 is 0 Å². The van der Waals surface area contributed by atoms with E-state index >= 15 is 0 Å². The van der Waals surface area contributed by atoms with Gasteiger partial charge in [-0.05, 0) is 69.2 Å². The summed E-state index contributed by atoms with van der Waals surface area (Å²) in [6.07, 6.45) is 3.82. The summed E-state index contributed by atoms with van der Waals surface area (Å²) >= 11 is 0. The van der Waals surface area contributed by atoms with E-state index in [0.29, 0.717) is 11.3 Å². The van der Waals surface area contributed by atoms with E-state index in [4.69, 9.17) is 0 Å². The first-order valence-electron chi connectivity index (χ1n) is 9.08. The van der Waals surface area contributed by atoms with Crippen LogP contribution < -0.4 is 5.32 Å². The molecule has 0 aliphatic carbocycles. The van der Waals surface area contributed by atoms with Crippen molar-refractivity contribution in [3.05, 3.63) is 58.4 Å². The topological polar surface area (TPSA) is 74.9 Å². The Morgan fingerprint density at radius 2 is 1.89 bits per heavy atom. The molecule has 1 N–H and O–H groups in total. The zero-order valence-corrected chi connectivity index (χ0v) is 16.3. The smallest absolute Gasteiger partial charge is 0.266 e. The van der Waals surface area contributed by atoms with Crippen LogP contribution in [0.2, 0.25) is 0 Å². The van der Waals surface area contributed by atoms with Crippen molar-refractivity contribution in [2.24, 2.45) is 0 Å². The SMILES string of the molecule is CCCCn1c(C)cc(/C=C(\C#N)C(=O)Nc2ccc(C(C)=O)cc2)c1C. The Kier molecular flexibility index (Phi) is 6.73. The zero-order chi connectivity index (χ0) is 20.0. The minimum Gasteiger partial charge on any atom is -0.349 e. The van der Waals surface area contributed by atoms with Crippen molar-refractivity contribution < 1.29 is 9.59 Å². The molecule has 0 bridgehead atoms. The van der Waals surface area contributed by atoms with Gasteiger partial charge in [-0.2, -0.15) is 5.26 Å². The van der Waals surface area contributed by atoms with E-state index in [-0.39, 0.29) is 11.4 Å². The molecule has 1 aromatic carbocycles. The van der Waals surface area contributed by atoms with E-state index in [1.54, 1.807) is 30.3 Å². The van der Waals surface area contributed by atoms with Gasteiger partial charge in [-0.3, -0.25) is 9.59 Å². The molecule has 0 spiro atoms. The molecular weight excluding hydrogens is 338 g/mol. The molecule has 0 atom stereocenters. The number of aromatic nitrogens is 1. The molecule has 0 aliphatic rings. The maximum atomic E-state index is 12.5. The van der Waals surface area contributed by atoms with Gasteiger partial charge in [0.25, 0.3) is 5.91 Å². The van der Waals surface area contributed by atoms with Crippen molar-refractivity contribution in [3.8, 4) is 6.07 Å². The average molecular weight is 363 g/mol. The molecule has 2 rings (SSSR count). The Hall–Kier alpha value is -3.13. The maximum Gasteiger partial charge on any atom is 0.266 e. The van der Waals surface area contributed by atoms with Crippen molar-refractivity contribution in [2.45, 2.75) is 47.1 Å². The van der Waals surface area contributed by atoms with Gasteiger partial charge in [0.2, 0.25) is 0 Å². The van der Waals surface area contributed by atoms with Crippen LogP contribution in [0.1, 0.15) is 54.0 Å². The number of hydrogen-bond acceptors (Lipinski definition) is 3. The number of nitrogens with zero attached hydrogens (tertiary/aromatic N) is 2. The Morgan fingerprint density at radius 1 is 1.22 bits per heavy atom. The summed E-state index contributed by atoms with van der Waals surface area (Å²) in [4.78, 5) is 23.8. The van der Waals surface area contributed by atoms with Crippen LogP contribution in [0, 0.1) is 25.2 Å².